The second-order valence-corrected chi connectivity index (χ2v) is 23.3. The van der Waals surface area contributed by atoms with E-state index in [1.54, 1.807) is 0 Å². The Balaban J connectivity index is 0.000000416. The van der Waals surface area contributed by atoms with Gasteiger partial charge < -0.3 is 14.9 Å². The number of terminal acetylenes is 1. The number of aromatic nitrogens is 1. The van der Waals surface area contributed by atoms with Crippen molar-refractivity contribution in [3.05, 3.63) is 235 Å². The van der Waals surface area contributed by atoms with E-state index in [1.807, 2.05) is 6.20 Å². The third kappa shape index (κ3) is 17.0. The Morgan fingerprint density at radius 1 is 0.413 bits per heavy atom. The Morgan fingerprint density at radius 2 is 0.880 bits per heavy atom. The molecule has 2 heteroatoms. The molecule has 1 nitrogen and oxygen atoms in total. The van der Waals surface area contributed by atoms with Gasteiger partial charge in [-0.2, -0.15) is 0 Å². The molecule has 0 atom stereocenters. The van der Waals surface area contributed by atoms with Gasteiger partial charge in [0, 0.05) is 38.5 Å². The predicted molar refractivity (Wildman–Crippen MR) is 329 cm³/mol. The van der Waals surface area contributed by atoms with E-state index in [0.717, 1.165) is 28.8 Å². The van der Waals surface area contributed by atoms with Crippen LogP contribution in [0.15, 0.2) is 164 Å². The van der Waals surface area contributed by atoms with E-state index in [1.165, 1.54) is 83.5 Å². The molecule has 0 fully saturated rings. The number of rotatable bonds is 6. The van der Waals surface area contributed by atoms with Crippen molar-refractivity contribution >= 4 is 0 Å². The monoisotopic (exact) mass is 1170 g/mol. The molecule has 0 saturated carbocycles. The molecule has 398 valence electrons. The van der Waals surface area contributed by atoms with Crippen LogP contribution in [0.1, 0.15) is 140 Å². The van der Waals surface area contributed by atoms with E-state index >= 15 is 0 Å². The largest absolute Gasteiger partial charge is 0.358 e. The van der Waals surface area contributed by atoms with Crippen molar-refractivity contribution in [2.45, 2.75) is 146 Å². The molecule has 7 aromatic carbocycles. The molecule has 75 heavy (non-hydrogen) atoms. The van der Waals surface area contributed by atoms with E-state index in [9.17, 15) is 0 Å². The van der Waals surface area contributed by atoms with Crippen LogP contribution in [0.5, 0.6) is 0 Å². The Kier molecular flexibility index (Phi) is 24.0. The zero-order chi connectivity index (χ0) is 53.2. The molecular weight excluding hydrogens is 1090 g/mol. The first kappa shape index (κ1) is 65.1. The van der Waals surface area contributed by atoms with Gasteiger partial charge in [0.25, 0.3) is 0 Å². The number of aryl methyl sites for hydroxylation is 3. The van der Waals surface area contributed by atoms with E-state index in [4.69, 9.17) is 4.98 Å². The fourth-order valence-corrected chi connectivity index (χ4v) is 9.01. The van der Waals surface area contributed by atoms with Crippen LogP contribution < -0.4 is 0 Å². The maximum atomic E-state index is 4.98. The third-order valence-electron chi connectivity index (χ3n) is 13.7. The van der Waals surface area contributed by atoms with Crippen molar-refractivity contribution in [3.63, 3.8) is 0 Å². The van der Waals surface area contributed by atoms with Gasteiger partial charge in [-0.25, -0.2) is 0 Å². The van der Waals surface area contributed by atoms with Crippen LogP contribution in [0, 0.1) is 61.5 Å². The van der Waals surface area contributed by atoms with Gasteiger partial charge >= 0.3 is 0 Å². The van der Waals surface area contributed by atoms with Gasteiger partial charge in [0.15, 0.2) is 0 Å². The zero-order valence-electron chi connectivity index (χ0n) is 49.2. The minimum Gasteiger partial charge on any atom is -0.358 e. The summed E-state index contributed by atoms with van der Waals surface area (Å²) in [6.45, 7) is 38.4. The third-order valence-corrected chi connectivity index (χ3v) is 13.7. The number of nitrogens with zero attached hydrogens (tertiary/aromatic N) is 1. The van der Waals surface area contributed by atoms with Gasteiger partial charge in [-0.15, -0.1) is 42.2 Å². The molecule has 0 bridgehead atoms. The Bertz CT molecular complexity index is 3050. The first-order valence-corrected chi connectivity index (χ1v) is 25.8. The molecule has 8 aromatic rings. The quantitative estimate of drug-likeness (QED) is 0.119. The molecule has 0 saturated heterocycles. The van der Waals surface area contributed by atoms with Crippen LogP contribution in [0.25, 0.3) is 55.8 Å². The molecule has 0 unspecified atom stereocenters. The van der Waals surface area contributed by atoms with Gasteiger partial charge in [-0.05, 0) is 117 Å². The Hall–Kier alpha value is -6.06. The molecule has 0 aliphatic rings. The van der Waals surface area contributed by atoms with Gasteiger partial charge in [0.2, 0.25) is 0 Å². The van der Waals surface area contributed by atoms with E-state index < -0.39 is 0 Å². The first-order valence-electron chi connectivity index (χ1n) is 25.8. The average molecular weight is 1170 g/mol. The molecule has 0 aliphatic heterocycles. The van der Waals surface area contributed by atoms with Crippen molar-refractivity contribution in [3.8, 4) is 68.6 Å². The van der Waals surface area contributed by atoms with Crippen molar-refractivity contribution in [2.24, 2.45) is 0 Å². The summed E-state index contributed by atoms with van der Waals surface area (Å²) in [6.07, 6.45) is 11.1. The summed E-state index contributed by atoms with van der Waals surface area (Å²) in [6, 6.07) is 60.3. The van der Waals surface area contributed by atoms with Crippen LogP contribution in [-0.4, -0.2) is 4.98 Å². The molecule has 1 aromatic heterocycles. The van der Waals surface area contributed by atoms with Gasteiger partial charge in [-0.1, -0.05) is 258 Å². The predicted octanol–water partition coefficient (Wildman–Crippen LogP) is 20.7. The van der Waals surface area contributed by atoms with Crippen LogP contribution in [0.4, 0.5) is 0 Å². The molecule has 0 amide bonds. The molecule has 1 heterocycles. The van der Waals surface area contributed by atoms with E-state index in [2.05, 4.69) is 294 Å². The summed E-state index contributed by atoms with van der Waals surface area (Å²) in [5, 5.41) is 0. The SMILES string of the molecule is C#C.CCc1cc(C(C)(C)C)cc(C(C)(C)C)c1C.Cc1ccc(C(C)(C)C)cc1-c1ccccc1.Cc1cccc(-c2[c-]c(-c3cc(-c4ccccc4)c(-c4ccccc4)cn3)cc(C(C)(C)C)c2)c1C.[CH3-].[CH3-].[Pt]. The van der Waals surface area contributed by atoms with Crippen molar-refractivity contribution in [1.82, 2.24) is 4.98 Å². The smallest absolute Gasteiger partial charge is 0.0267 e. The van der Waals surface area contributed by atoms with Gasteiger partial charge in [0.1, 0.15) is 0 Å². The number of hydrogen-bond acceptors (Lipinski definition) is 1. The van der Waals surface area contributed by atoms with Crippen molar-refractivity contribution < 1.29 is 21.1 Å². The molecule has 0 aliphatic carbocycles. The van der Waals surface area contributed by atoms with Crippen LogP contribution >= 0.6 is 0 Å². The molecule has 0 radical (unpaired) electrons. The van der Waals surface area contributed by atoms with Crippen LogP contribution in [-0.2, 0) is 49.1 Å². The summed E-state index contributed by atoms with van der Waals surface area (Å²) < 4.78 is 0. The number of benzene rings is 7. The summed E-state index contributed by atoms with van der Waals surface area (Å²) in [4.78, 5) is 4.98. The van der Waals surface area contributed by atoms with Crippen molar-refractivity contribution in [1.29, 1.82) is 0 Å². The zero-order valence-corrected chi connectivity index (χ0v) is 51.5. The van der Waals surface area contributed by atoms with E-state index in [-0.39, 0.29) is 57.6 Å². The normalized spacial score (nSPS) is 11.1. The first-order chi connectivity index (χ1) is 33.9. The fourth-order valence-electron chi connectivity index (χ4n) is 9.01. The molecule has 0 N–H and O–H groups in total. The van der Waals surface area contributed by atoms with Gasteiger partial charge in [-0.3, -0.25) is 4.98 Å². The summed E-state index contributed by atoms with van der Waals surface area (Å²) in [7, 11) is 0. The maximum absolute atomic E-state index is 4.98. The number of pyridine rings is 1. The Labute approximate surface area is 472 Å². The van der Waals surface area contributed by atoms with E-state index in [0.29, 0.717) is 0 Å². The molecule has 8 rings (SSSR count). The van der Waals surface area contributed by atoms with Crippen LogP contribution in [0.2, 0.25) is 0 Å². The standard InChI is InChI=1S/C35H32N.C17H20.C17H28.C2H2.2CH3.Pt/c1-24-13-12-18-31(25(24)2)28-19-29(21-30(20-28)35(3,4)5)34-22-32(26-14-8-6-9-15-26)33(23-36-34)27-16-10-7-11-17-27;1-13-10-11-15(17(2,3)4)12-16(13)14-8-6-5-7-9-14;1-9-13-10-14(16(3,4)5)11-15(12(13)2)17(6,7)8;1-2;;;/h6-18,20-23H,1-5H3;5-12H,1-4H3;10-11H,9H2,1-8H3;1-2H;2*1H3;/q-1;;;;2*-1;. The van der Waals surface area contributed by atoms with Crippen molar-refractivity contribution in [2.75, 3.05) is 0 Å². The average Bonchev–Trinajstić information content (AvgIpc) is 3.35. The minimum absolute atomic E-state index is 0. The summed E-state index contributed by atoms with van der Waals surface area (Å²) >= 11 is 0. The number of hydrogen-bond donors (Lipinski definition) is 0. The minimum atomic E-state index is 0. The second kappa shape index (κ2) is 27.6. The van der Waals surface area contributed by atoms with Gasteiger partial charge in [0.05, 0.1) is 0 Å². The Morgan fingerprint density at radius 3 is 1.36 bits per heavy atom. The fraction of sp³-hybridized carbons (Fsp3) is 0.301. The molecule has 0 spiro atoms. The summed E-state index contributed by atoms with van der Waals surface area (Å²) in [5.74, 6) is 0. The molecular formula is C73H88NPt-3. The summed E-state index contributed by atoms with van der Waals surface area (Å²) in [5.41, 5.74) is 24.8. The topological polar surface area (TPSA) is 12.9 Å². The maximum Gasteiger partial charge on any atom is 0.0267 e. The van der Waals surface area contributed by atoms with Crippen LogP contribution in [0.3, 0.4) is 0 Å². The second-order valence-electron chi connectivity index (χ2n) is 23.3.